The van der Waals surface area contributed by atoms with Gasteiger partial charge in [-0.2, -0.15) is 0 Å². The number of pyridine rings is 2. The molecule has 0 fully saturated rings. The summed E-state index contributed by atoms with van der Waals surface area (Å²) in [6.07, 6.45) is 7.74. The minimum Gasteiger partial charge on any atom is -0.487 e. The summed E-state index contributed by atoms with van der Waals surface area (Å²) in [5.41, 5.74) is 2.04. The van der Waals surface area contributed by atoms with Crippen LogP contribution in [0.5, 0.6) is 5.75 Å². The van der Waals surface area contributed by atoms with E-state index in [0.717, 1.165) is 31.7 Å². The third-order valence-electron chi connectivity index (χ3n) is 2.86. The Labute approximate surface area is 101 Å². The van der Waals surface area contributed by atoms with Crippen molar-refractivity contribution in [2.45, 2.75) is 0 Å². The summed E-state index contributed by atoms with van der Waals surface area (Å²) >= 11 is 1.64. The lowest BCUT2D eigenvalue weighted by Crippen LogP contribution is -2.00. The molecule has 0 N–H and O–H groups in total. The number of nitrogens with zero attached hydrogens (tertiary/aromatic N) is 2. The fourth-order valence-corrected chi connectivity index (χ4v) is 3.21. The summed E-state index contributed by atoms with van der Waals surface area (Å²) in [5, 5.41) is 1.11. The van der Waals surface area contributed by atoms with Gasteiger partial charge in [0, 0.05) is 23.3 Å². The molecule has 0 aromatic carbocycles. The van der Waals surface area contributed by atoms with E-state index in [4.69, 9.17) is 4.74 Å². The average Bonchev–Trinajstić information content (AvgIpc) is 2.78. The molecule has 4 heterocycles. The van der Waals surface area contributed by atoms with Gasteiger partial charge in [-0.15, -0.1) is 11.3 Å². The summed E-state index contributed by atoms with van der Waals surface area (Å²) in [4.78, 5) is 9.91. The maximum absolute atomic E-state index is 5.72. The number of hydrogen-bond acceptors (Lipinski definition) is 4. The van der Waals surface area contributed by atoms with Crippen molar-refractivity contribution in [3.63, 3.8) is 0 Å². The van der Waals surface area contributed by atoms with Crippen molar-refractivity contribution < 1.29 is 4.74 Å². The molecule has 0 atom stereocenters. The summed E-state index contributed by atoms with van der Waals surface area (Å²) in [6.45, 7) is 0.633. The maximum atomic E-state index is 5.72. The van der Waals surface area contributed by atoms with Gasteiger partial charge in [-0.05, 0) is 18.2 Å². The Morgan fingerprint density at radius 3 is 3.29 bits per heavy atom. The molecule has 3 aromatic heterocycles. The summed E-state index contributed by atoms with van der Waals surface area (Å²) in [6, 6.07) is 4.00. The van der Waals surface area contributed by atoms with Gasteiger partial charge in [0.15, 0.2) is 0 Å². The maximum Gasteiger partial charge on any atom is 0.148 e. The van der Waals surface area contributed by atoms with Crippen molar-refractivity contribution in [2.24, 2.45) is 0 Å². The Hall–Kier alpha value is -1.94. The van der Waals surface area contributed by atoms with Crippen molar-refractivity contribution in [1.29, 1.82) is 0 Å². The first-order chi connectivity index (χ1) is 8.43. The topological polar surface area (TPSA) is 35.0 Å². The zero-order valence-electron chi connectivity index (χ0n) is 8.88. The molecule has 0 bridgehead atoms. The largest absolute Gasteiger partial charge is 0.487 e. The molecular formula is C13H8N2OS. The van der Waals surface area contributed by atoms with Crippen LogP contribution >= 0.6 is 11.3 Å². The Balaban J connectivity index is 2.21. The van der Waals surface area contributed by atoms with Gasteiger partial charge in [0.05, 0.1) is 10.2 Å². The van der Waals surface area contributed by atoms with Crippen LogP contribution in [0.4, 0.5) is 0 Å². The van der Waals surface area contributed by atoms with Crippen LogP contribution in [-0.2, 0) is 0 Å². The molecule has 0 spiro atoms. The standard InChI is InChI=1S/C13H8N2OS/c1-4-9-10-12(17-13(9)14-5-1)11-8(7-15-10)3-2-6-16-11/h1-5,7H,6H2. The summed E-state index contributed by atoms with van der Waals surface area (Å²) < 4.78 is 6.82. The molecule has 82 valence electrons. The van der Waals surface area contributed by atoms with Crippen molar-refractivity contribution in [1.82, 2.24) is 9.97 Å². The number of thiophene rings is 1. The van der Waals surface area contributed by atoms with Gasteiger partial charge < -0.3 is 4.74 Å². The van der Waals surface area contributed by atoms with Crippen LogP contribution in [0.2, 0.25) is 0 Å². The highest BCUT2D eigenvalue weighted by molar-refractivity contribution is 7.25. The second-order valence-electron chi connectivity index (χ2n) is 3.89. The zero-order chi connectivity index (χ0) is 11.2. The van der Waals surface area contributed by atoms with Gasteiger partial charge >= 0.3 is 0 Å². The van der Waals surface area contributed by atoms with Crippen molar-refractivity contribution in [3.05, 3.63) is 36.2 Å². The minimum atomic E-state index is 0.633. The highest BCUT2D eigenvalue weighted by Gasteiger charge is 2.15. The first kappa shape index (κ1) is 9.13. The third kappa shape index (κ3) is 1.21. The monoisotopic (exact) mass is 240 g/mol. The van der Waals surface area contributed by atoms with Gasteiger partial charge in [-0.25, -0.2) is 4.98 Å². The number of rotatable bonds is 0. The highest BCUT2D eigenvalue weighted by atomic mass is 32.1. The van der Waals surface area contributed by atoms with E-state index in [-0.39, 0.29) is 0 Å². The van der Waals surface area contributed by atoms with Crippen molar-refractivity contribution >= 4 is 37.8 Å². The molecule has 1 aliphatic rings. The minimum absolute atomic E-state index is 0.633. The van der Waals surface area contributed by atoms with Crippen LogP contribution in [0, 0.1) is 0 Å². The third-order valence-corrected chi connectivity index (χ3v) is 3.96. The van der Waals surface area contributed by atoms with E-state index in [1.54, 1.807) is 11.3 Å². The number of hydrogen-bond donors (Lipinski definition) is 0. The molecule has 3 nitrogen and oxygen atoms in total. The number of aromatic nitrogens is 2. The molecule has 3 aromatic rings. The predicted octanol–water partition coefficient (Wildman–Crippen LogP) is 3.25. The molecule has 1 aliphatic heterocycles. The lowest BCUT2D eigenvalue weighted by molar-refractivity contribution is 0.363. The fourth-order valence-electron chi connectivity index (χ4n) is 2.10. The van der Waals surface area contributed by atoms with E-state index >= 15 is 0 Å². The van der Waals surface area contributed by atoms with E-state index in [1.807, 2.05) is 24.5 Å². The lowest BCUT2D eigenvalue weighted by Gasteiger charge is -2.11. The fraction of sp³-hybridized carbons (Fsp3) is 0.0769. The summed E-state index contributed by atoms with van der Waals surface area (Å²) in [5.74, 6) is 0.945. The lowest BCUT2D eigenvalue weighted by atomic mass is 10.2. The van der Waals surface area contributed by atoms with Crippen LogP contribution in [0.15, 0.2) is 30.6 Å². The van der Waals surface area contributed by atoms with Crippen molar-refractivity contribution in [3.8, 4) is 5.75 Å². The van der Waals surface area contributed by atoms with Gasteiger partial charge in [-0.1, -0.05) is 6.08 Å². The number of ether oxygens (including phenoxy) is 1. The van der Waals surface area contributed by atoms with E-state index in [9.17, 15) is 0 Å². The van der Waals surface area contributed by atoms with Gasteiger partial charge in [-0.3, -0.25) is 4.98 Å². The zero-order valence-corrected chi connectivity index (χ0v) is 9.70. The smallest absolute Gasteiger partial charge is 0.148 e. The van der Waals surface area contributed by atoms with Crippen LogP contribution in [0.25, 0.3) is 26.5 Å². The molecular weight excluding hydrogens is 232 g/mol. The van der Waals surface area contributed by atoms with E-state index in [0.29, 0.717) is 6.61 Å². The Kier molecular flexibility index (Phi) is 1.76. The predicted molar refractivity (Wildman–Crippen MR) is 69.5 cm³/mol. The Morgan fingerprint density at radius 1 is 1.29 bits per heavy atom. The van der Waals surface area contributed by atoms with Crippen molar-refractivity contribution in [2.75, 3.05) is 6.61 Å². The van der Waals surface area contributed by atoms with Crippen LogP contribution in [0.1, 0.15) is 5.56 Å². The molecule has 0 unspecified atom stereocenters. The van der Waals surface area contributed by atoms with Crippen LogP contribution in [-0.4, -0.2) is 16.6 Å². The van der Waals surface area contributed by atoms with E-state index < -0.39 is 0 Å². The molecule has 17 heavy (non-hydrogen) atoms. The van der Waals surface area contributed by atoms with Crippen LogP contribution in [0.3, 0.4) is 0 Å². The second kappa shape index (κ2) is 3.28. The summed E-state index contributed by atoms with van der Waals surface area (Å²) in [7, 11) is 0. The molecule has 0 radical (unpaired) electrons. The first-order valence-electron chi connectivity index (χ1n) is 5.39. The Morgan fingerprint density at radius 2 is 2.29 bits per heavy atom. The highest BCUT2D eigenvalue weighted by Crippen LogP contribution is 2.40. The molecule has 4 rings (SSSR count). The molecule has 0 aliphatic carbocycles. The quantitative estimate of drug-likeness (QED) is 0.605. The second-order valence-corrected chi connectivity index (χ2v) is 4.89. The molecule has 4 heteroatoms. The SMILES string of the molecule is C1=Cc2cnc3c(sc4ncccc43)c2OC1. The molecule has 0 amide bonds. The normalized spacial score (nSPS) is 13.9. The van der Waals surface area contributed by atoms with Gasteiger partial charge in [0.2, 0.25) is 0 Å². The Bertz CT molecular complexity index is 761. The van der Waals surface area contributed by atoms with E-state index in [1.165, 1.54) is 0 Å². The average molecular weight is 240 g/mol. The van der Waals surface area contributed by atoms with Crippen LogP contribution < -0.4 is 4.74 Å². The first-order valence-corrected chi connectivity index (χ1v) is 6.21. The number of fused-ring (bicyclic) bond motifs is 5. The molecule has 0 saturated carbocycles. The van der Waals surface area contributed by atoms with Gasteiger partial charge in [0.25, 0.3) is 0 Å². The molecule has 0 saturated heterocycles. The van der Waals surface area contributed by atoms with Gasteiger partial charge in [0.1, 0.15) is 17.2 Å². The van der Waals surface area contributed by atoms with E-state index in [2.05, 4.69) is 22.1 Å².